The monoisotopic (exact) mass is 590 g/mol. The maximum atomic E-state index is 4.10. The molecule has 0 saturated heterocycles. The second-order valence-corrected chi connectivity index (χ2v) is 9.53. The van der Waals surface area contributed by atoms with Gasteiger partial charge in [0.2, 0.25) is 0 Å². The molecular formula is C35H30N10. The average Bonchev–Trinajstić information content (AvgIpc) is 3.95. The van der Waals surface area contributed by atoms with Crippen LogP contribution in [0.4, 0.5) is 0 Å². The number of hydrogen-bond acceptors (Lipinski definition) is 5. The van der Waals surface area contributed by atoms with Crippen molar-refractivity contribution in [3.8, 4) is 0 Å². The minimum absolute atomic E-state index is 0.998. The molecule has 10 rings (SSSR count). The summed E-state index contributed by atoms with van der Waals surface area (Å²) in [5.41, 5.74) is 5.41. The van der Waals surface area contributed by atoms with Gasteiger partial charge in [0.1, 0.15) is 11.3 Å². The Morgan fingerprint density at radius 1 is 0.378 bits per heavy atom. The van der Waals surface area contributed by atoms with Crippen molar-refractivity contribution in [3.63, 3.8) is 0 Å². The van der Waals surface area contributed by atoms with Crippen molar-refractivity contribution in [2.45, 2.75) is 0 Å². The van der Waals surface area contributed by atoms with E-state index in [4.69, 9.17) is 0 Å². The summed E-state index contributed by atoms with van der Waals surface area (Å²) in [6, 6.07) is 29.7. The molecular weight excluding hydrogens is 560 g/mol. The molecule has 10 aromatic rings. The molecule has 10 nitrogen and oxygen atoms in total. The molecule has 0 aromatic carbocycles. The fraction of sp³-hybridized carbons (Fsp3) is 0. The van der Waals surface area contributed by atoms with Crippen LogP contribution in [-0.4, -0.2) is 47.2 Å². The van der Waals surface area contributed by atoms with Crippen molar-refractivity contribution in [2.75, 3.05) is 0 Å². The number of nitrogens with zero attached hydrogens (tertiary/aromatic N) is 10. The first-order valence-electron chi connectivity index (χ1n) is 14.2. The van der Waals surface area contributed by atoms with Crippen LogP contribution in [0.3, 0.4) is 0 Å². The smallest absolute Gasteiger partial charge is 0.136 e. The van der Waals surface area contributed by atoms with E-state index in [0.717, 1.165) is 27.8 Å². The molecule has 10 aromatic heterocycles. The zero-order valence-electron chi connectivity index (χ0n) is 24.3. The number of imidazole rings is 2. The quantitative estimate of drug-likeness (QED) is 0.197. The third-order valence-corrected chi connectivity index (χ3v) is 6.56. The van der Waals surface area contributed by atoms with Crippen LogP contribution < -0.4 is 0 Å². The van der Waals surface area contributed by atoms with Crippen LogP contribution >= 0.6 is 0 Å². The number of rotatable bonds is 0. The highest BCUT2D eigenvalue weighted by Crippen LogP contribution is 2.01. The van der Waals surface area contributed by atoms with Crippen LogP contribution in [-0.2, 0) is 0 Å². The normalized spacial score (nSPS) is 10.2. The number of fused-ring (bicyclic) bond motifs is 5. The molecule has 0 saturated carbocycles. The van der Waals surface area contributed by atoms with Gasteiger partial charge < -0.3 is 17.6 Å². The molecule has 0 N–H and O–H groups in total. The van der Waals surface area contributed by atoms with Crippen LogP contribution in [0.15, 0.2) is 184 Å². The lowest BCUT2D eigenvalue weighted by Crippen LogP contribution is -1.81. The lowest BCUT2D eigenvalue weighted by Gasteiger charge is -1.87. The van der Waals surface area contributed by atoms with Crippen LogP contribution in [0.1, 0.15) is 0 Å². The molecule has 10 heterocycles. The van der Waals surface area contributed by atoms with E-state index in [0.29, 0.717) is 0 Å². The lowest BCUT2D eigenvalue weighted by atomic mass is 10.4. The van der Waals surface area contributed by atoms with E-state index in [1.807, 2.05) is 175 Å². The van der Waals surface area contributed by atoms with Gasteiger partial charge >= 0.3 is 0 Å². The summed E-state index contributed by atoms with van der Waals surface area (Å²) in [6.07, 6.45) is 28.3. The van der Waals surface area contributed by atoms with E-state index in [1.165, 1.54) is 0 Å². The highest BCUT2D eigenvalue weighted by atomic mass is 15.2. The zero-order chi connectivity index (χ0) is 30.5. The number of hydrogen-bond donors (Lipinski definition) is 0. The second-order valence-electron chi connectivity index (χ2n) is 9.53. The van der Waals surface area contributed by atoms with Crippen molar-refractivity contribution in [1.82, 2.24) is 47.2 Å². The van der Waals surface area contributed by atoms with E-state index in [1.54, 1.807) is 31.1 Å². The molecule has 10 heteroatoms. The highest BCUT2D eigenvalue weighted by Gasteiger charge is 1.88. The zero-order valence-corrected chi connectivity index (χ0v) is 24.3. The minimum atomic E-state index is 0.998. The molecule has 0 amide bonds. The van der Waals surface area contributed by atoms with Gasteiger partial charge in [-0.25, -0.2) is 19.5 Å². The van der Waals surface area contributed by atoms with Crippen LogP contribution in [0.2, 0.25) is 0 Å². The molecule has 45 heavy (non-hydrogen) atoms. The lowest BCUT2D eigenvalue weighted by molar-refractivity contribution is 0.961. The minimum Gasteiger partial charge on any atom is -0.321 e. The maximum absolute atomic E-state index is 4.10. The van der Waals surface area contributed by atoms with Gasteiger partial charge in [-0.15, -0.1) is 0 Å². The first kappa shape index (κ1) is 28.6. The van der Waals surface area contributed by atoms with Crippen molar-refractivity contribution >= 4 is 27.8 Å². The average molecular weight is 591 g/mol. The summed E-state index contributed by atoms with van der Waals surface area (Å²) in [4.78, 5) is 16.1. The standard InChI is InChI=1S/5C7H6N2/c1-3-7-8-4-2-6-9(7)5-1;1-2-7-6-8-3-5-9(7)4-1;1-2-6-9-7(3-1)4-5-8-9;1-2-5-9-6-4-8-7(9)3-1;1-2-4-9-6-8-5-7(9)3-1/h5*1-6H. The molecule has 0 fully saturated rings. The predicted molar refractivity (Wildman–Crippen MR) is 176 cm³/mol. The SMILES string of the molecule is c1cc2cnccn2c1.c1ccn2ccnc2c1.c1ccn2cncc2c1.c1ccn2nccc2c1.c1cnc2cccn2c1. The van der Waals surface area contributed by atoms with Gasteiger partial charge in [0, 0.05) is 74.4 Å². The Bertz CT molecular complexity index is 1790. The van der Waals surface area contributed by atoms with E-state index in [9.17, 15) is 0 Å². The van der Waals surface area contributed by atoms with Gasteiger partial charge in [0.15, 0.2) is 0 Å². The fourth-order valence-electron chi connectivity index (χ4n) is 4.35. The summed E-state index contributed by atoms with van der Waals surface area (Å²) in [5, 5.41) is 4.04. The van der Waals surface area contributed by atoms with Gasteiger partial charge in [0.25, 0.3) is 0 Å². The fourth-order valence-corrected chi connectivity index (χ4v) is 4.35. The molecule has 220 valence electrons. The highest BCUT2D eigenvalue weighted by molar-refractivity contribution is 5.45. The Kier molecular flexibility index (Phi) is 9.24. The van der Waals surface area contributed by atoms with Crippen LogP contribution in [0, 0.1) is 0 Å². The van der Waals surface area contributed by atoms with Crippen LogP contribution in [0.25, 0.3) is 27.8 Å². The second kappa shape index (κ2) is 14.6. The summed E-state index contributed by atoms with van der Waals surface area (Å²) in [6.45, 7) is 0. The number of aromatic nitrogens is 10. The van der Waals surface area contributed by atoms with E-state index < -0.39 is 0 Å². The molecule has 0 bridgehead atoms. The largest absolute Gasteiger partial charge is 0.321 e. The molecule has 0 atom stereocenters. The first-order valence-corrected chi connectivity index (χ1v) is 14.2. The topological polar surface area (TPSA) is 86.5 Å². The predicted octanol–water partition coefficient (Wildman–Crippen LogP) is 6.67. The van der Waals surface area contributed by atoms with Gasteiger partial charge in [-0.2, -0.15) is 5.10 Å². The Morgan fingerprint density at radius 2 is 0.978 bits per heavy atom. The third kappa shape index (κ3) is 7.65. The molecule has 0 unspecified atom stereocenters. The van der Waals surface area contributed by atoms with E-state index in [2.05, 4.69) is 25.0 Å². The van der Waals surface area contributed by atoms with Gasteiger partial charge in [-0.1, -0.05) is 18.2 Å². The third-order valence-electron chi connectivity index (χ3n) is 6.56. The summed E-state index contributed by atoms with van der Waals surface area (Å²) >= 11 is 0. The van der Waals surface area contributed by atoms with Gasteiger partial charge in [0.05, 0.1) is 35.3 Å². The van der Waals surface area contributed by atoms with Crippen molar-refractivity contribution < 1.29 is 0 Å². The van der Waals surface area contributed by atoms with E-state index in [-0.39, 0.29) is 0 Å². The molecule has 0 aliphatic rings. The molecule has 0 radical (unpaired) electrons. The number of pyridine rings is 3. The van der Waals surface area contributed by atoms with Crippen molar-refractivity contribution in [2.24, 2.45) is 0 Å². The summed E-state index contributed by atoms with van der Waals surface area (Å²) in [5.74, 6) is 0. The van der Waals surface area contributed by atoms with Crippen molar-refractivity contribution in [1.29, 1.82) is 0 Å². The Labute approximate surface area is 258 Å². The Hall–Kier alpha value is -6.55. The van der Waals surface area contributed by atoms with Crippen LogP contribution in [0.5, 0.6) is 0 Å². The summed E-state index contributed by atoms with van der Waals surface area (Å²) < 4.78 is 9.77. The molecule has 0 spiro atoms. The van der Waals surface area contributed by atoms with E-state index >= 15 is 0 Å². The Balaban J connectivity index is 0.0000000992. The molecule has 0 aliphatic carbocycles. The van der Waals surface area contributed by atoms with Gasteiger partial charge in [-0.3, -0.25) is 4.98 Å². The summed E-state index contributed by atoms with van der Waals surface area (Å²) in [7, 11) is 0. The van der Waals surface area contributed by atoms with Crippen molar-refractivity contribution in [3.05, 3.63) is 184 Å². The first-order chi connectivity index (χ1) is 22.3. The maximum Gasteiger partial charge on any atom is 0.136 e. The molecule has 0 aliphatic heterocycles. The Morgan fingerprint density at radius 3 is 1.82 bits per heavy atom. The van der Waals surface area contributed by atoms with Gasteiger partial charge in [-0.05, 0) is 72.8 Å².